The summed E-state index contributed by atoms with van der Waals surface area (Å²) in [4.78, 5) is 13.9. The molecule has 0 fully saturated rings. The molecule has 2 aromatic rings. The van der Waals surface area contributed by atoms with E-state index in [1.807, 2.05) is 6.92 Å². The van der Waals surface area contributed by atoms with Gasteiger partial charge in [-0.2, -0.15) is 0 Å². The Kier molecular flexibility index (Phi) is 5.56. The van der Waals surface area contributed by atoms with Gasteiger partial charge in [-0.15, -0.1) is 12.4 Å². The molecule has 4 N–H and O–H groups in total. The van der Waals surface area contributed by atoms with Gasteiger partial charge in [-0.1, -0.05) is 13.0 Å². The molecular formula is C14H19ClN2O3. The number of aromatic hydroxyl groups is 1. The Hall–Kier alpha value is -1.56. The molecule has 110 valence electrons. The van der Waals surface area contributed by atoms with E-state index >= 15 is 0 Å². The molecule has 2 atom stereocenters. The normalized spacial score (nSPS) is 13.8. The van der Waals surface area contributed by atoms with Crippen molar-refractivity contribution in [3.63, 3.8) is 0 Å². The van der Waals surface area contributed by atoms with Gasteiger partial charge in [-0.25, -0.2) is 0 Å². The molecule has 20 heavy (non-hydrogen) atoms. The summed E-state index contributed by atoms with van der Waals surface area (Å²) >= 11 is 0. The number of hydrogen-bond donors (Lipinski definition) is 4. The van der Waals surface area contributed by atoms with Crippen LogP contribution in [-0.2, 0) is 0 Å². The molecule has 5 nitrogen and oxygen atoms in total. The van der Waals surface area contributed by atoms with Gasteiger partial charge in [0.25, 0.3) is 0 Å². The largest absolute Gasteiger partial charge is 0.506 e. The Balaban J connectivity index is 0.00000200. The first-order chi connectivity index (χ1) is 9.08. The Bertz CT molecular complexity index is 638. The number of phenolic OH excluding ortho intramolecular Hbond substituents is 1. The lowest BCUT2D eigenvalue weighted by Gasteiger charge is -2.22. The molecule has 6 heteroatoms. The highest BCUT2D eigenvalue weighted by molar-refractivity contribution is 5.87. The van der Waals surface area contributed by atoms with Crippen LogP contribution in [0.15, 0.2) is 29.1 Å². The minimum atomic E-state index is -0.705. The van der Waals surface area contributed by atoms with Gasteiger partial charge in [-0.3, -0.25) is 4.79 Å². The third kappa shape index (κ3) is 2.95. The van der Waals surface area contributed by atoms with E-state index in [9.17, 15) is 15.0 Å². The van der Waals surface area contributed by atoms with E-state index in [0.29, 0.717) is 16.5 Å². The summed E-state index contributed by atoms with van der Waals surface area (Å²) in [6, 6.07) is 6.09. The van der Waals surface area contributed by atoms with Crippen molar-refractivity contribution in [2.75, 3.05) is 7.05 Å². The number of phenols is 1. The molecule has 1 aromatic heterocycles. The molecule has 0 amide bonds. The number of H-pyrrole nitrogens is 1. The number of aliphatic hydroxyl groups excluding tert-OH is 1. The van der Waals surface area contributed by atoms with Crippen LogP contribution in [0.3, 0.4) is 0 Å². The summed E-state index contributed by atoms with van der Waals surface area (Å²) in [6.07, 6.45) is 0.0626. The molecule has 0 aliphatic heterocycles. The molecule has 1 aromatic carbocycles. The molecule has 0 spiro atoms. The molecule has 1 heterocycles. The molecule has 0 bridgehead atoms. The van der Waals surface area contributed by atoms with Gasteiger partial charge in [0.05, 0.1) is 11.6 Å². The third-order valence-electron chi connectivity index (χ3n) is 3.42. The van der Waals surface area contributed by atoms with Crippen LogP contribution in [0.5, 0.6) is 5.75 Å². The van der Waals surface area contributed by atoms with Crippen LogP contribution in [0.4, 0.5) is 0 Å². The zero-order chi connectivity index (χ0) is 14.0. The average Bonchev–Trinajstić information content (AvgIpc) is 2.41. The van der Waals surface area contributed by atoms with Gasteiger partial charge in [0, 0.05) is 17.5 Å². The summed E-state index contributed by atoms with van der Waals surface area (Å²) in [6.45, 7) is 1.98. The minimum Gasteiger partial charge on any atom is -0.506 e. The first-order valence-electron chi connectivity index (χ1n) is 6.28. The number of benzene rings is 1. The number of hydrogen-bond acceptors (Lipinski definition) is 4. The van der Waals surface area contributed by atoms with Gasteiger partial charge in [0.1, 0.15) is 5.75 Å². The van der Waals surface area contributed by atoms with Crippen molar-refractivity contribution in [1.82, 2.24) is 10.3 Å². The highest BCUT2D eigenvalue weighted by atomic mass is 35.5. The van der Waals surface area contributed by atoms with Crippen LogP contribution in [0, 0.1) is 0 Å². The molecular weight excluding hydrogens is 280 g/mol. The predicted molar refractivity (Wildman–Crippen MR) is 81.6 cm³/mol. The van der Waals surface area contributed by atoms with Crippen molar-refractivity contribution in [2.45, 2.75) is 25.5 Å². The fourth-order valence-electron chi connectivity index (χ4n) is 2.32. The van der Waals surface area contributed by atoms with Crippen LogP contribution >= 0.6 is 12.4 Å². The van der Waals surface area contributed by atoms with Crippen LogP contribution in [0.25, 0.3) is 10.9 Å². The second-order valence-corrected chi connectivity index (χ2v) is 4.53. The lowest BCUT2D eigenvalue weighted by molar-refractivity contribution is 0.131. The summed E-state index contributed by atoms with van der Waals surface area (Å²) in [7, 11) is 1.79. The van der Waals surface area contributed by atoms with E-state index in [4.69, 9.17) is 0 Å². The molecule has 0 aliphatic carbocycles. The van der Waals surface area contributed by atoms with Crippen LogP contribution in [0.2, 0.25) is 0 Å². The lowest BCUT2D eigenvalue weighted by atomic mass is 9.96. The summed E-state index contributed by atoms with van der Waals surface area (Å²) in [5, 5.41) is 23.9. The predicted octanol–water partition coefficient (Wildman–Crippen LogP) is 1.69. The summed E-state index contributed by atoms with van der Waals surface area (Å²) in [5.41, 5.74) is 0.760. The van der Waals surface area contributed by atoms with E-state index in [2.05, 4.69) is 10.3 Å². The number of likely N-dealkylation sites (N-methyl/N-ethyl adjacent to an activating group) is 1. The Labute approximate surface area is 123 Å². The smallest absolute Gasteiger partial charge is 0.248 e. The fraction of sp³-hybridized carbons (Fsp3) is 0.357. The van der Waals surface area contributed by atoms with Crippen molar-refractivity contribution in [3.05, 3.63) is 40.2 Å². The highest BCUT2D eigenvalue weighted by Gasteiger charge is 2.20. The van der Waals surface area contributed by atoms with Gasteiger partial charge >= 0.3 is 0 Å². The van der Waals surface area contributed by atoms with Crippen LogP contribution in [-0.4, -0.2) is 28.3 Å². The first kappa shape index (κ1) is 16.5. The molecule has 0 radical (unpaired) electrons. The van der Waals surface area contributed by atoms with Crippen molar-refractivity contribution in [2.24, 2.45) is 0 Å². The Morgan fingerprint density at radius 2 is 2.00 bits per heavy atom. The Morgan fingerprint density at radius 3 is 2.60 bits per heavy atom. The maximum absolute atomic E-state index is 11.3. The zero-order valence-electron chi connectivity index (χ0n) is 11.4. The maximum Gasteiger partial charge on any atom is 0.248 e. The average molecular weight is 299 g/mol. The summed E-state index contributed by atoms with van der Waals surface area (Å²) in [5.74, 6) is 0.00107. The van der Waals surface area contributed by atoms with Gasteiger partial charge in [0.15, 0.2) is 0 Å². The van der Waals surface area contributed by atoms with Crippen LogP contribution in [0.1, 0.15) is 25.0 Å². The number of aliphatic hydroxyl groups is 1. The fourth-order valence-corrected chi connectivity index (χ4v) is 2.32. The Morgan fingerprint density at radius 1 is 1.30 bits per heavy atom. The highest BCUT2D eigenvalue weighted by Crippen LogP contribution is 2.30. The number of fused-ring (bicyclic) bond motifs is 1. The standard InChI is InChI=1S/C14H18N2O3.ClH/c1-3-10(15-2)14(19)9-4-6-11(17)13-8(9)5-7-12(18)16-13;/h4-7,10,14-15,17,19H,3H2,1-2H3,(H,16,18);1H. The van der Waals surface area contributed by atoms with Crippen molar-refractivity contribution in [3.8, 4) is 5.75 Å². The zero-order valence-corrected chi connectivity index (χ0v) is 12.2. The van der Waals surface area contributed by atoms with E-state index in [1.165, 1.54) is 12.1 Å². The summed E-state index contributed by atoms with van der Waals surface area (Å²) < 4.78 is 0. The number of rotatable bonds is 4. The maximum atomic E-state index is 11.3. The number of halogens is 1. The van der Waals surface area contributed by atoms with Gasteiger partial charge < -0.3 is 20.5 Å². The third-order valence-corrected chi connectivity index (χ3v) is 3.42. The number of nitrogens with one attached hydrogen (secondary N) is 2. The molecule has 2 rings (SSSR count). The van der Waals surface area contributed by atoms with Crippen LogP contribution < -0.4 is 10.9 Å². The molecule has 0 aliphatic rings. The number of aromatic amines is 1. The second kappa shape index (κ2) is 6.74. The van der Waals surface area contributed by atoms with E-state index in [1.54, 1.807) is 19.2 Å². The molecule has 2 unspecified atom stereocenters. The van der Waals surface area contributed by atoms with Crippen molar-refractivity contribution in [1.29, 1.82) is 0 Å². The monoisotopic (exact) mass is 298 g/mol. The second-order valence-electron chi connectivity index (χ2n) is 4.53. The molecule has 0 saturated heterocycles. The van der Waals surface area contributed by atoms with Gasteiger partial charge in [-0.05, 0) is 31.2 Å². The topological polar surface area (TPSA) is 85.3 Å². The lowest BCUT2D eigenvalue weighted by Crippen LogP contribution is -2.31. The van der Waals surface area contributed by atoms with E-state index in [0.717, 1.165) is 6.42 Å². The minimum absolute atomic E-state index is 0. The number of aromatic nitrogens is 1. The quantitative estimate of drug-likeness (QED) is 0.692. The van der Waals surface area contributed by atoms with Crippen molar-refractivity contribution < 1.29 is 10.2 Å². The van der Waals surface area contributed by atoms with E-state index < -0.39 is 6.10 Å². The van der Waals surface area contributed by atoms with E-state index in [-0.39, 0.29) is 29.8 Å². The van der Waals surface area contributed by atoms with Crippen molar-refractivity contribution >= 4 is 23.3 Å². The molecule has 0 saturated carbocycles. The van der Waals surface area contributed by atoms with Gasteiger partial charge in [0.2, 0.25) is 5.56 Å². The SMILES string of the molecule is CCC(NC)C(O)c1ccc(O)c2[nH]c(=O)ccc12.Cl. The number of pyridine rings is 1. The first-order valence-corrected chi connectivity index (χ1v) is 6.28.